The Kier molecular flexibility index (Phi) is 4.51. The number of carbonyl (C=O) groups excluding carboxylic acids is 1. The molecule has 4 rings (SSSR count). The van der Waals surface area contributed by atoms with Crippen LogP contribution in [0, 0.1) is 0 Å². The molecule has 0 bridgehead atoms. The fourth-order valence-corrected chi connectivity index (χ4v) is 3.71. The first-order valence-electron chi connectivity index (χ1n) is 9.02. The number of anilines is 1. The summed E-state index contributed by atoms with van der Waals surface area (Å²) in [6, 6.07) is 24.2. The Hall–Kier alpha value is -3.33. The van der Waals surface area contributed by atoms with Gasteiger partial charge in [-0.15, -0.1) is 0 Å². The van der Waals surface area contributed by atoms with Crippen LogP contribution in [0.4, 0.5) is 10.5 Å². The summed E-state index contributed by atoms with van der Waals surface area (Å²) in [5.41, 5.74) is 7.35. The van der Waals surface area contributed by atoms with Crippen LogP contribution in [0.25, 0.3) is 16.7 Å². The molecule has 0 unspecified atom stereocenters. The molecule has 1 amide bonds. The van der Waals surface area contributed by atoms with E-state index in [-0.39, 0.29) is 5.92 Å². The van der Waals surface area contributed by atoms with Crippen LogP contribution in [0.3, 0.4) is 0 Å². The number of fused-ring (bicyclic) bond motifs is 3. The first kappa shape index (κ1) is 17.1. The number of benzene rings is 3. The highest BCUT2D eigenvalue weighted by molar-refractivity contribution is 5.89. The van der Waals surface area contributed by atoms with Crippen molar-refractivity contribution in [3.63, 3.8) is 0 Å². The standard InChI is InChI=1S/C24H21NO2/c1-16(2)17-9-7-8-14-23(17)25-24(26)27-15-22-20-12-5-3-10-18(20)19-11-4-6-13-21(19)22/h3-14,22H,1,15H2,2H3,(H,25,26). The third-order valence-corrected chi connectivity index (χ3v) is 4.97. The van der Waals surface area contributed by atoms with E-state index in [2.05, 4.69) is 36.2 Å². The van der Waals surface area contributed by atoms with Gasteiger partial charge in [0.15, 0.2) is 0 Å². The van der Waals surface area contributed by atoms with Crippen molar-refractivity contribution < 1.29 is 9.53 Å². The molecular formula is C24H21NO2. The predicted octanol–water partition coefficient (Wildman–Crippen LogP) is 6.08. The van der Waals surface area contributed by atoms with Gasteiger partial charge >= 0.3 is 6.09 Å². The number of carbonyl (C=O) groups is 1. The molecular weight excluding hydrogens is 334 g/mol. The van der Waals surface area contributed by atoms with Crippen LogP contribution in [0.2, 0.25) is 0 Å². The molecule has 0 aromatic heterocycles. The Bertz CT molecular complexity index is 977. The van der Waals surface area contributed by atoms with E-state index in [1.165, 1.54) is 22.3 Å². The van der Waals surface area contributed by atoms with Gasteiger partial charge in [0.2, 0.25) is 0 Å². The van der Waals surface area contributed by atoms with E-state index in [1.807, 2.05) is 55.5 Å². The Morgan fingerprint density at radius 2 is 1.48 bits per heavy atom. The van der Waals surface area contributed by atoms with Gasteiger partial charge in [-0.3, -0.25) is 5.32 Å². The molecule has 1 N–H and O–H groups in total. The SMILES string of the molecule is C=C(C)c1ccccc1NC(=O)OCC1c2ccccc2-c2ccccc21. The Balaban J connectivity index is 1.51. The molecule has 134 valence electrons. The molecule has 0 radical (unpaired) electrons. The third-order valence-electron chi connectivity index (χ3n) is 4.97. The second-order valence-corrected chi connectivity index (χ2v) is 6.78. The third kappa shape index (κ3) is 3.24. The Morgan fingerprint density at radius 1 is 0.926 bits per heavy atom. The zero-order valence-corrected chi connectivity index (χ0v) is 15.2. The first-order valence-corrected chi connectivity index (χ1v) is 9.02. The van der Waals surface area contributed by atoms with Gasteiger partial charge < -0.3 is 4.74 Å². The lowest BCUT2D eigenvalue weighted by molar-refractivity contribution is 0.158. The minimum atomic E-state index is -0.453. The van der Waals surface area contributed by atoms with E-state index in [4.69, 9.17) is 4.74 Å². The largest absolute Gasteiger partial charge is 0.448 e. The number of hydrogen-bond acceptors (Lipinski definition) is 2. The average Bonchev–Trinajstić information content (AvgIpc) is 3.00. The fraction of sp³-hybridized carbons (Fsp3) is 0.125. The van der Waals surface area contributed by atoms with Crippen LogP contribution in [0.1, 0.15) is 29.5 Å². The summed E-state index contributed by atoms with van der Waals surface area (Å²) in [6.45, 7) is 6.18. The maximum Gasteiger partial charge on any atom is 0.411 e. The van der Waals surface area contributed by atoms with Crippen molar-refractivity contribution in [2.24, 2.45) is 0 Å². The lowest BCUT2D eigenvalue weighted by Gasteiger charge is -2.15. The van der Waals surface area contributed by atoms with E-state index in [0.717, 1.165) is 11.1 Å². The molecule has 3 aromatic rings. The topological polar surface area (TPSA) is 38.3 Å². The van der Waals surface area contributed by atoms with Gasteiger partial charge in [-0.25, -0.2) is 4.79 Å². The summed E-state index contributed by atoms with van der Waals surface area (Å²) in [4.78, 5) is 12.4. The van der Waals surface area contributed by atoms with E-state index < -0.39 is 6.09 Å². The summed E-state index contributed by atoms with van der Waals surface area (Å²) in [5, 5.41) is 2.84. The average molecular weight is 355 g/mol. The number of amides is 1. The first-order chi connectivity index (χ1) is 13.1. The lowest BCUT2D eigenvalue weighted by atomic mass is 9.98. The molecule has 0 saturated carbocycles. The van der Waals surface area contributed by atoms with Crippen molar-refractivity contribution in [1.82, 2.24) is 0 Å². The van der Waals surface area contributed by atoms with E-state index in [9.17, 15) is 4.79 Å². The van der Waals surface area contributed by atoms with Crippen molar-refractivity contribution in [3.05, 3.63) is 96.1 Å². The zero-order valence-electron chi connectivity index (χ0n) is 15.2. The minimum absolute atomic E-state index is 0.0551. The van der Waals surface area contributed by atoms with E-state index in [1.54, 1.807) is 0 Å². The molecule has 0 aliphatic heterocycles. The summed E-state index contributed by atoms with van der Waals surface area (Å²) in [5.74, 6) is 0.0551. The maximum absolute atomic E-state index is 12.4. The quantitative estimate of drug-likeness (QED) is 0.616. The molecule has 27 heavy (non-hydrogen) atoms. The number of hydrogen-bond donors (Lipinski definition) is 1. The number of nitrogens with one attached hydrogen (secondary N) is 1. The highest BCUT2D eigenvalue weighted by Gasteiger charge is 2.29. The van der Waals surface area contributed by atoms with Crippen LogP contribution < -0.4 is 5.32 Å². The number of para-hydroxylation sites is 1. The number of ether oxygens (including phenoxy) is 1. The molecule has 1 aliphatic carbocycles. The summed E-state index contributed by atoms with van der Waals surface area (Å²) >= 11 is 0. The van der Waals surface area contributed by atoms with Gasteiger partial charge in [0.1, 0.15) is 6.61 Å². The molecule has 0 spiro atoms. The lowest BCUT2D eigenvalue weighted by Crippen LogP contribution is -2.18. The molecule has 3 heteroatoms. The smallest absolute Gasteiger partial charge is 0.411 e. The van der Waals surface area contributed by atoms with Gasteiger partial charge in [0.05, 0.1) is 5.69 Å². The van der Waals surface area contributed by atoms with Gasteiger partial charge in [0, 0.05) is 11.5 Å². The van der Waals surface area contributed by atoms with Gasteiger partial charge in [-0.1, -0.05) is 73.3 Å². The highest BCUT2D eigenvalue weighted by atomic mass is 16.5. The van der Waals surface area contributed by atoms with Gasteiger partial charge in [0.25, 0.3) is 0 Å². The Morgan fingerprint density at radius 3 is 2.11 bits per heavy atom. The predicted molar refractivity (Wildman–Crippen MR) is 110 cm³/mol. The fourth-order valence-electron chi connectivity index (χ4n) is 3.71. The second kappa shape index (κ2) is 7.12. The number of rotatable bonds is 4. The number of allylic oxidation sites excluding steroid dienone is 1. The van der Waals surface area contributed by atoms with Gasteiger partial charge in [-0.2, -0.15) is 0 Å². The van der Waals surface area contributed by atoms with Crippen LogP contribution in [-0.4, -0.2) is 12.7 Å². The maximum atomic E-state index is 12.4. The molecule has 3 nitrogen and oxygen atoms in total. The van der Waals surface area contributed by atoms with Crippen molar-refractivity contribution >= 4 is 17.4 Å². The van der Waals surface area contributed by atoms with E-state index >= 15 is 0 Å². The van der Waals surface area contributed by atoms with E-state index in [0.29, 0.717) is 12.3 Å². The van der Waals surface area contributed by atoms with Crippen molar-refractivity contribution in [2.45, 2.75) is 12.8 Å². The highest BCUT2D eigenvalue weighted by Crippen LogP contribution is 2.44. The van der Waals surface area contributed by atoms with Crippen LogP contribution in [-0.2, 0) is 4.74 Å². The monoisotopic (exact) mass is 355 g/mol. The van der Waals surface area contributed by atoms with Crippen molar-refractivity contribution in [3.8, 4) is 11.1 Å². The molecule has 0 saturated heterocycles. The molecule has 1 aliphatic rings. The summed E-state index contributed by atoms with van der Waals surface area (Å²) in [7, 11) is 0. The van der Waals surface area contributed by atoms with Crippen molar-refractivity contribution in [1.29, 1.82) is 0 Å². The van der Waals surface area contributed by atoms with Crippen LogP contribution in [0.5, 0.6) is 0 Å². The summed E-state index contributed by atoms with van der Waals surface area (Å²) in [6.07, 6.45) is -0.453. The summed E-state index contributed by atoms with van der Waals surface area (Å²) < 4.78 is 5.60. The molecule has 3 aromatic carbocycles. The van der Waals surface area contributed by atoms with Crippen molar-refractivity contribution in [2.75, 3.05) is 11.9 Å². The van der Waals surface area contributed by atoms with Crippen LogP contribution in [0.15, 0.2) is 79.4 Å². The zero-order chi connectivity index (χ0) is 18.8. The molecule has 0 heterocycles. The molecule has 0 fully saturated rings. The normalized spacial score (nSPS) is 12.2. The minimum Gasteiger partial charge on any atom is -0.448 e. The van der Waals surface area contributed by atoms with Gasteiger partial charge in [-0.05, 0) is 40.8 Å². The van der Waals surface area contributed by atoms with Crippen LogP contribution >= 0.6 is 0 Å². The Labute approximate surface area is 159 Å². The second-order valence-electron chi connectivity index (χ2n) is 6.78. The molecule has 0 atom stereocenters.